The molecule has 1 saturated heterocycles. The molecule has 1 fully saturated rings. The highest BCUT2D eigenvalue weighted by Crippen LogP contribution is 2.22. The lowest BCUT2D eigenvalue weighted by Crippen LogP contribution is -2.48. The lowest BCUT2D eigenvalue weighted by atomic mass is 10.1. The highest BCUT2D eigenvalue weighted by molar-refractivity contribution is 7.18. The smallest absolute Gasteiger partial charge is 0.191 e. The summed E-state index contributed by atoms with van der Waals surface area (Å²) < 4.78 is 1.28. The number of hydrogen-bond donors (Lipinski definition) is 2. The molecule has 2 aromatic rings. The van der Waals surface area contributed by atoms with Crippen molar-refractivity contribution in [3.63, 3.8) is 0 Å². The average molecular weight is 388 g/mol. The molecule has 0 aliphatic carbocycles. The Kier molecular flexibility index (Phi) is 7.90. The summed E-state index contributed by atoms with van der Waals surface area (Å²) in [6.07, 6.45) is 5.69. The summed E-state index contributed by atoms with van der Waals surface area (Å²) in [6, 6.07) is 8.91. The zero-order chi connectivity index (χ0) is 18.9. The topological polar surface area (TPSA) is 52.5 Å². The van der Waals surface area contributed by atoms with Crippen LogP contribution in [0, 0.1) is 0 Å². The molecule has 2 heterocycles. The number of para-hydroxylation sites is 1. The van der Waals surface area contributed by atoms with Crippen molar-refractivity contribution in [2.24, 2.45) is 4.99 Å². The fourth-order valence-corrected chi connectivity index (χ4v) is 4.59. The van der Waals surface area contributed by atoms with Gasteiger partial charge in [-0.05, 0) is 51.3 Å². The van der Waals surface area contributed by atoms with Gasteiger partial charge >= 0.3 is 0 Å². The van der Waals surface area contributed by atoms with Gasteiger partial charge in [-0.3, -0.25) is 4.99 Å². The van der Waals surface area contributed by atoms with Crippen LogP contribution in [0.1, 0.15) is 44.5 Å². The van der Waals surface area contributed by atoms with Gasteiger partial charge < -0.3 is 15.5 Å². The number of fused-ring (bicyclic) bond motifs is 1. The first-order valence-corrected chi connectivity index (χ1v) is 11.2. The molecule has 3 rings (SSSR count). The van der Waals surface area contributed by atoms with Crippen LogP contribution in [0.2, 0.25) is 0 Å². The van der Waals surface area contributed by atoms with Gasteiger partial charge in [0.05, 0.1) is 15.2 Å². The van der Waals surface area contributed by atoms with Crippen LogP contribution in [-0.4, -0.2) is 54.6 Å². The van der Waals surface area contributed by atoms with E-state index < -0.39 is 0 Å². The molecule has 2 N–H and O–H groups in total. The zero-order valence-electron chi connectivity index (χ0n) is 16.7. The molecule has 148 valence electrons. The summed E-state index contributed by atoms with van der Waals surface area (Å²) in [5.74, 6) is 0.968. The van der Waals surface area contributed by atoms with Gasteiger partial charge in [0.15, 0.2) is 5.96 Å². The third kappa shape index (κ3) is 6.18. The lowest BCUT2D eigenvalue weighted by molar-refractivity contribution is 0.206. The van der Waals surface area contributed by atoms with Crippen molar-refractivity contribution in [1.82, 2.24) is 20.5 Å². The molecule has 0 spiro atoms. The molecule has 1 aromatic heterocycles. The Hall–Kier alpha value is -1.66. The highest BCUT2D eigenvalue weighted by Gasteiger charge is 2.19. The van der Waals surface area contributed by atoms with E-state index in [9.17, 15) is 0 Å². The molecule has 1 aromatic carbocycles. The Morgan fingerprint density at radius 3 is 2.81 bits per heavy atom. The summed E-state index contributed by atoms with van der Waals surface area (Å²) >= 11 is 1.80. The van der Waals surface area contributed by atoms with Crippen molar-refractivity contribution in [3.8, 4) is 0 Å². The molecule has 5 nitrogen and oxygen atoms in total. The van der Waals surface area contributed by atoms with Crippen LogP contribution in [0.25, 0.3) is 10.2 Å². The molecule has 0 amide bonds. The number of nitrogens with one attached hydrogen (secondary N) is 2. The molecular formula is C21H33N5S. The number of hydrogen-bond acceptors (Lipinski definition) is 4. The maximum Gasteiger partial charge on any atom is 0.191 e. The second-order valence-electron chi connectivity index (χ2n) is 7.20. The molecule has 1 aliphatic heterocycles. The van der Waals surface area contributed by atoms with E-state index in [1.54, 1.807) is 11.3 Å². The molecule has 27 heavy (non-hydrogen) atoms. The first kappa shape index (κ1) is 20.1. The molecule has 0 radical (unpaired) electrons. The second-order valence-corrected chi connectivity index (χ2v) is 8.31. The third-order valence-corrected chi connectivity index (χ3v) is 6.07. The Morgan fingerprint density at radius 1 is 1.26 bits per heavy atom. The minimum atomic E-state index is 0.542. The van der Waals surface area contributed by atoms with Gasteiger partial charge in [-0.25, -0.2) is 4.98 Å². The van der Waals surface area contributed by atoms with E-state index in [-0.39, 0.29) is 0 Å². The number of aryl methyl sites for hydroxylation is 1. The lowest BCUT2D eigenvalue weighted by Gasteiger charge is -2.32. The van der Waals surface area contributed by atoms with Crippen LogP contribution in [0.3, 0.4) is 0 Å². The zero-order valence-corrected chi connectivity index (χ0v) is 17.5. The van der Waals surface area contributed by atoms with Crippen molar-refractivity contribution < 1.29 is 0 Å². The quantitative estimate of drug-likeness (QED) is 0.412. The third-order valence-electron chi connectivity index (χ3n) is 4.97. The largest absolute Gasteiger partial charge is 0.357 e. The van der Waals surface area contributed by atoms with Gasteiger partial charge in [0.1, 0.15) is 0 Å². The van der Waals surface area contributed by atoms with Gasteiger partial charge in [-0.2, -0.15) is 0 Å². The average Bonchev–Trinajstić information content (AvgIpc) is 3.10. The van der Waals surface area contributed by atoms with Gasteiger partial charge in [0.2, 0.25) is 0 Å². The highest BCUT2D eigenvalue weighted by atomic mass is 32.1. The fourth-order valence-electron chi connectivity index (χ4n) is 3.58. The Bertz CT molecular complexity index is 685. The van der Waals surface area contributed by atoms with E-state index in [4.69, 9.17) is 9.98 Å². The summed E-state index contributed by atoms with van der Waals surface area (Å²) in [6.45, 7) is 9.74. The summed E-state index contributed by atoms with van der Waals surface area (Å²) in [7, 11) is 0. The molecule has 0 atom stereocenters. The SMILES string of the molecule is CCCN1CCC(NC(=NCCCc2nc3ccccc3s2)NCC)CC1. The number of likely N-dealkylation sites (tertiary alicyclic amines) is 1. The second kappa shape index (κ2) is 10.6. The molecular weight excluding hydrogens is 354 g/mol. The van der Waals surface area contributed by atoms with Crippen LogP contribution in [0.4, 0.5) is 0 Å². The fraction of sp³-hybridized carbons (Fsp3) is 0.619. The number of aliphatic imine (C=N–C) groups is 1. The number of guanidine groups is 1. The molecule has 0 bridgehead atoms. The summed E-state index contributed by atoms with van der Waals surface area (Å²) in [5.41, 5.74) is 1.12. The minimum absolute atomic E-state index is 0.542. The number of piperidine rings is 1. The molecule has 0 saturated carbocycles. The van der Waals surface area contributed by atoms with E-state index in [1.165, 1.54) is 48.6 Å². The predicted molar refractivity (Wildman–Crippen MR) is 117 cm³/mol. The van der Waals surface area contributed by atoms with Crippen LogP contribution in [0.5, 0.6) is 0 Å². The van der Waals surface area contributed by atoms with Crippen LogP contribution in [0.15, 0.2) is 29.3 Å². The number of nitrogens with zero attached hydrogens (tertiary/aromatic N) is 3. The molecule has 1 aliphatic rings. The number of rotatable bonds is 8. The monoisotopic (exact) mass is 387 g/mol. The number of thiazole rings is 1. The minimum Gasteiger partial charge on any atom is -0.357 e. The van der Waals surface area contributed by atoms with Gasteiger partial charge in [0.25, 0.3) is 0 Å². The van der Waals surface area contributed by atoms with Crippen LogP contribution in [-0.2, 0) is 6.42 Å². The summed E-state index contributed by atoms with van der Waals surface area (Å²) in [5, 5.41) is 8.25. The number of aromatic nitrogens is 1. The van der Waals surface area contributed by atoms with Crippen molar-refractivity contribution in [3.05, 3.63) is 29.3 Å². The predicted octanol–water partition coefficient (Wildman–Crippen LogP) is 3.66. The van der Waals surface area contributed by atoms with Crippen molar-refractivity contribution in [2.45, 2.75) is 52.0 Å². The van der Waals surface area contributed by atoms with Gasteiger partial charge in [0, 0.05) is 38.6 Å². The molecule has 6 heteroatoms. The maximum atomic E-state index is 4.79. The number of benzene rings is 1. The van der Waals surface area contributed by atoms with Crippen molar-refractivity contribution >= 4 is 27.5 Å². The van der Waals surface area contributed by atoms with Gasteiger partial charge in [-0.15, -0.1) is 11.3 Å². The maximum absolute atomic E-state index is 4.79. The van der Waals surface area contributed by atoms with E-state index in [1.807, 2.05) is 0 Å². The van der Waals surface area contributed by atoms with Crippen molar-refractivity contribution in [2.75, 3.05) is 32.7 Å². The van der Waals surface area contributed by atoms with E-state index >= 15 is 0 Å². The van der Waals surface area contributed by atoms with E-state index in [0.29, 0.717) is 6.04 Å². The summed E-state index contributed by atoms with van der Waals surface area (Å²) in [4.78, 5) is 12.1. The first-order chi connectivity index (χ1) is 13.3. The van der Waals surface area contributed by atoms with E-state index in [2.05, 4.69) is 53.6 Å². The Balaban J connectivity index is 1.44. The van der Waals surface area contributed by atoms with Crippen molar-refractivity contribution in [1.29, 1.82) is 0 Å². The Morgan fingerprint density at radius 2 is 2.07 bits per heavy atom. The van der Waals surface area contributed by atoms with Gasteiger partial charge in [-0.1, -0.05) is 19.1 Å². The normalized spacial score (nSPS) is 16.7. The molecule has 0 unspecified atom stereocenters. The standard InChI is InChI=1S/C21H33N5S/c1-3-14-26-15-11-17(12-16-26)24-21(22-4-2)23-13-7-10-20-25-18-8-5-6-9-19(18)27-20/h5-6,8-9,17H,3-4,7,10-16H2,1-2H3,(H2,22,23,24). The van der Waals surface area contributed by atoms with Crippen LogP contribution < -0.4 is 10.6 Å². The Labute approximate surface area is 167 Å². The van der Waals surface area contributed by atoms with E-state index in [0.717, 1.165) is 37.4 Å². The first-order valence-electron chi connectivity index (χ1n) is 10.4. The van der Waals surface area contributed by atoms with Crippen LogP contribution >= 0.6 is 11.3 Å².